The van der Waals surface area contributed by atoms with E-state index in [-0.39, 0.29) is 98.9 Å². The molecular formula is C53H47F4N17Na2O11. The fourth-order valence-corrected chi connectivity index (χ4v) is 7.73. The summed E-state index contributed by atoms with van der Waals surface area (Å²) in [7, 11) is 9.13. The van der Waals surface area contributed by atoms with Gasteiger partial charge >= 0.3 is 77.2 Å². The molecule has 0 saturated carbocycles. The zero-order valence-electron chi connectivity index (χ0n) is 47.8. The van der Waals surface area contributed by atoms with E-state index in [0.29, 0.717) is 56.5 Å². The van der Waals surface area contributed by atoms with Crippen LogP contribution in [0.2, 0.25) is 0 Å². The van der Waals surface area contributed by atoms with Crippen LogP contribution < -0.4 is 74.1 Å². The summed E-state index contributed by atoms with van der Waals surface area (Å²) in [5.41, 5.74) is 4.12. The number of aryl methyl sites for hydroxylation is 7. The molecule has 0 amide bonds. The minimum atomic E-state index is -4.58. The minimum absolute atomic E-state index is 0. The molecule has 0 bridgehead atoms. The second-order valence-corrected chi connectivity index (χ2v) is 17.3. The number of halogens is 4. The van der Waals surface area contributed by atoms with Crippen molar-refractivity contribution in [3.05, 3.63) is 162 Å². The van der Waals surface area contributed by atoms with Crippen molar-refractivity contribution in [1.29, 1.82) is 0 Å². The fourth-order valence-electron chi connectivity index (χ4n) is 7.73. The minimum Gasteiger partial charge on any atom is -0.543 e. The molecule has 10 heterocycles. The Kier molecular flexibility index (Phi) is 25.2. The Labute approximate surface area is 533 Å². The largest absolute Gasteiger partial charge is 1.00 e. The van der Waals surface area contributed by atoms with Gasteiger partial charge in [0, 0.05) is 59.4 Å². The number of hydrogen-bond donors (Lipinski definition) is 3. The quantitative estimate of drug-likeness (QED) is 0.0636. The van der Waals surface area contributed by atoms with Gasteiger partial charge in [0.1, 0.15) is 35.3 Å². The predicted molar refractivity (Wildman–Crippen MR) is 283 cm³/mol. The molecule has 10 aromatic heterocycles. The second kappa shape index (κ2) is 31.2. The van der Waals surface area contributed by atoms with Crippen LogP contribution in [0.4, 0.5) is 17.6 Å². The summed E-state index contributed by atoms with van der Waals surface area (Å²) < 4.78 is 61.6. The second-order valence-electron chi connectivity index (χ2n) is 17.3. The average molecular weight is 1220 g/mol. The smallest absolute Gasteiger partial charge is 0.543 e. The molecule has 440 valence electrons. The first-order chi connectivity index (χ1) is 40.3. The molecule has 0 aliphatic rings. The first-order valence-corrected chi connectivity index (χ1v) is 24.1. The third-order valence-corrected chi connectivity index (χ3v) is 11.5. The number of aliphatic hydroxyl groups is 1. The number of aromatic carboxylic acids is 4. The third-order valence-electron chi connectivity index (χ3n) is 11.5. The number of carbonyl (C=O) groups is 5. The molecule has 0 atom stereocenters. The number of hydrogen-bond acceptors (Lipinski definition) is 21. The monoisotopic (exact) mass is 1220 g/mol. The van der Waals surface area contributed by atoms with Crippen LogP contribution >= 0.6 is 0 Å². The number of Topliss-reactive ketones (excluding diaryl/α,β-unsaturated/α-hetero) is 1. The number of pyridine rings is 3. The van der Waals surface area contributed by atoms with Gasteiger partial charge in [0.05, 0.1) is 136 Å². The standard InChI is InChI=1S/C11H8F3N3O2.C11H12N4O2.C11H11N3O3.C10H8FN3O2.C10H10N4O2.2Na/c1-17-9(10(18)19)6(5-15-17)7-3-2-4-8(16-7)11(12,13)14;1-7-3-12-5-9(14-7)8-4-13-15(2)11(8)10(17)6-16;1-14-10(11(15)16)7(6-13-14)9-8(17-2)4-3-5-12-9;1-14-9(10(15)16)7(5-13-14)8-3-2-6(11)4-12-8;1-6-3-11-5-8(13-6)7-4-12-14(2)9(7)10(15)16;;/h2-5H,1H3,(H,18,19);3-5,16H,6H2,1-2H3;3-6H,1-2H3,(H,15,16);2-5H,1H3,(H,15,16);3-5H,1-2H3,(H,15,16);;/q;;;;;2*+1/p-2. The summed E-state index contributed by atoms with van der Waals surface area (Å²) in [5, 5.41) is 68.2. The number of ether oxygens (including phenoxy) is 1. The van der Waals surface area contributed by atoms with Crippen LogP contribution in [-0.2, 0) is 41.4 Å². The van der Waals surface area contributed by atoms with Gasteiger partial charge < -0.3 is 39.9 Å². The molecule has 28 nitrogen and oxygen atoms in total. The van der Waals surface area contributed by atoms with Crippen molar-refractivity contribution in [3.8, 4) is 62.0 Å². The van der Waals surface area contributed by atoms with Crippen LogP contribution in [0.5, 0.6) is 5.75 Å². The molecule has 3 N–H and O–H groups in total. The molecule has 0 radical (unpaired) electrons. The van der Waals surface area contributed by atoms with Gasteiger partial charge in [0.25, 0.3) is 0 Å². The van der Waals surface area contributed by atoms with E-state index in [9.17, 15) is 51.7 Å². The first kappa shape index (κ1) is 70.2. The van der Waals surface area contributed by atoms with Gasteiger partial charge in [0.2, 0.25) is 5.78 Å². The summed E-state index contributed by atoms with van der Waals surface area (Å²) in [4.78, 5) is 83.4. The van der Waals surface area contributed by atoms with E-state index in [1.54, 1.807) is 64.1 Å². The van der Waals surface area contributed by atoms with Crippen molar-refractivity contribution in [3.63, 3.8) is 0 Å². The maximum absolute atomic E-state index is 12.7. The first-order valence-electron chi connectivity index (χ1n) is 24.1. The van der Waals surface area contributed by atoms with Gasteiger partial charge in [-0.3, -0.25) is 48.1 Å². The molecule has 0 unspecified atom stereocenters. The van der Waals surface area contributed by atoms with Crippen LogP contribution in [0.1, 0.15) is 69.5 Å². The van der Waals surface area contributed by atoms with Gasteiger partial charge in [-0.05, 0) is 50.2 Å². The molecule has 87 heavy (non-hydrogen) atoms. The number of ketones is 1. The molecule has 34 heteroatoms. The number of alkyl halides is 3. The van der Waals surface area contributed by atoms with Gasteiger partial charge in [-0.25, -0.2) is 28.9 Å². The Balaban J connectivity index is 0.000000232. The zero-order valence-corrected chi connectivity index (χ0v) is 51.8. The summed E-state index contributed by atoms with van der Waals surface area (Å²) in [6, 6.07) is 9.29. The number of carboxylic acids is 4. The molecule has 0 aromatic carbocycles. The Morgan fingerprint density at radius 1 is 0.529 bits per heavy atom. The van der Waals surface area contributed by atoms with Crippen molar-refractivity contribution in [2.45, 2.75) is 20.0 Å². The number of carboxylic acid groups (broad SMARTS) is 4. The normalized spacial score (nSPS) is 10.4. The van der Waals surface area contributed by atoms with Crippen molar-refractivity contribution < 1.29 is 131 Å². The Hall–Kier alpha value is -9.31. The van der Waals surface area contributed by atoms with E-state index < -0.39 is 48.2 Å². The van der Waals surface area contributed by atoms with Gasteiger partial charge in [-0.2, -0.15) is 38.7 Å². The van der Waals surface area contributed by atoms with Gasteiger partial charge in [-0.15, -0.1) is 0 Å². The molecule has 10 rings (SSSR count). The number of aliphatic hydroxyl groups excluding tert-OH is 1. The molecule has 10 aromatic rings. The van der Waals surface area contributed by atoms with E-state index in [2.05, 4.69) is 60.4 Å². The maximum atomic E-state index is 12.7. The van der Waals surface area contributed by atoms with Crippen molar-refractivity contribution >= 4 is 29.7 Å². The number of nitrogens with zero attached hydrogens (tertiary/aromatic N) is 17. The fraction of sp³-hybridized carbons (Fsp3) is 0.189. The summed E-state index contributed by atoms with van der Waals surface area (Å²) >= 11 is 0. The number of aromatic nitrogens is 17. The molecule has 0 saturated heterocycles. The van der Waals surface area contributed by atoms with Crippen molar-refractivity contribution in [2.75, 3.05) is 13.7 Å². The van der Waals surface area contributed by atoms with Crippen LogP contribution in [0.3, 0.4) is 0 Å². The van der Waals surface area contributed by atoms with E-state index in [4.69, 9.17) is 20.1 Å². The topological polar surface area (TPSA) is 381 Å². The van der Waals surface area contributed by atoms with Gasteiger partial charge in [-0.1, -0.05) is 6.07 Å². The number of carbonyl (C=O) groups excluding carboxylic acids is 3. The third kappa shape index (κ3) is 17.4. The summed E-state index contributed by atoms with van der Waals surface area (Å²) in [6.07, 6.45) is 11.3. The Morgan fingerprint density at radius 3 is 1.39 bits per heavy atom. The van der Waals surface area contributed by atoms with Crippen molar-refractivity contribution in [1.82, 2.24) is 83.8 Å². The molecule has 0 spiro atoms. The van der Waals surface area contributed by atoms with Gasteiger partial charge in [0.15, 0.2) is 11.4 Å². The van der Waals surface area contributed by atoms with Crippen LogP contribution in [0, 0.1) is 19.7 Å². The van der Waals surface area contributed by atoms with Crippen LogP contribution in [0.25, 0.3) is 56.3 Å². The summed E-state index contributed by atoms with van der Waals surface area (Å²) in [5.74, 6) is -5.34. The Bertz CT molecular complexity index is 4060. The van der Waals surface area contributed by atoms with E-state index in [0.717, 1.165) is 28.3 Å². The molecular weight excluding hydrogens is 1170 g/mol. The number of rotatable bonds is 12. The zero-order chi connectivity index (χ0) is 62.4. The molecule has 0 fully saturated rings. The molecule has 0 aliphatic heterocycles. The predicted octanol–water partition coefficient (Wildman–Crippen LogP) is -2.71. The van der Waals surface area contributed by atoms with E-state index >= 15 is 0 Å². The molecule has 0 aliphatic carbocycles. The maximum Gasteiger partial charge on any atom is 1.00 e. The van der Waals surface area contributed by atoms with Crippen LogP contribution in [0.15, 0.2) is 111 Å². The Morgan fingerprint density at radius 2 is 0.966 bits per heavy atom. The summed E-state index contributed by atoms with van der Waals surface area (Å²) in [6.45, 7) is 3.07. The average Bonchev–Trinajstić information content (AvgIpc) is 3.23. The number of methoxy groups -OCH3 is 1. The SMILES string of the molecule is COc1cccnc1-c1cnn(C)c1C(=O)[O-].Cc1cncc(-c2cnn(C)c2C(=O)CO)n1.Cc1cncc(-c2cnn(C)c2C(=O)O)n1.Cn1ncc(-c2ccc(F)cn2)c1C(=O)[O-].Cn1ncc(-c2cccc(C(F)(F)F)n2)c1C(=O)O.[Na+].[Na+]. The van der Waals surface area contributed by atoms with E-state index in [1.165, 1.54) is 102 Å². The van der Waals surface area contributed by atoms with E-state index in [1.807, 2.05) is 6.92 Å². The van der Waals surface area contributed by atoms with Crippen molar-refractivity contribution in [2.24, 2.45) is 35.2 Å². The van der Waals surface area contributed by atoms with Crippen LogP contribution in [-0.4, -0.2) is 142 Å².